The van der Waals surface area contributed by atoms with Crippen LogP contribution in [-0.2, 0) is 20.9 Å². The standard InChI is InChI=1S/C28H18F2N4O6S2/c29-15-3-1-14(2-4-15)21-22-23(26(37)33(25(22)36)18-9-11-19(12-10-18)34(39)40)41-27-24(21)42-28(38)32(27)13-20(35)31-17-7-5-16(30)6-8-17/h1-12,21-23H,13H2,(H,31,35)/t21-,22-,23+/m0/s1. The molecule has 0 aliphatic carbocycles. The van der Waals surface area contributed by atoms with Gasteiger partial charge in [0.2, 0.25) is 17.7 Å². The molecule has 0 unspecified atom stereocenters. The van der Waals surface area contributed by atoms with E-state index in [1.807, 2.05) is 0 Å². The lowest BCUT2D eigenvalue weighted by Gasteiger charge is -2.30. The maximum absolute atomic E-state index is 13.8. The van der Waals surface area contributed by atoms with E-state index in [0.29, 0.717) is 21.2 Å². The van der Waals surface area contributed by atoms with Crippen molar-refractivity contribution in [3.63, 3.8) is 0 Å². The number of benzene rings is 3. The lowest BCUT2D eigenvalue weighted by atomic mass is 9.83. The Bertz CT molecular complexity index is 1810. The van der Waals surface area contributed by atoms with E-state index in [-0.39, 0.29) is 11.4 Å². The molecule has 1 fully saturated rings. The molecule has 1 saturated heterocycles. The summed E-state index contributed by atoms with van der Waals surface area (Å²) in [5.41, 5.74) is 0.774. The van der Waals surface area contributed by atoms with Crippen LogP contribution < -0.4 is 15.1 Å². The van der Waals surface area contributed by atoms with Crippen molar-refractivity contribution >= 4 is 57.9 Å². The zero-order valence-electron chi connectivity index (χ0n) is 21.2. The normalized spacial score (nSPS) is 19.4. The van der Waals surface area contributed by atoms with E-state index >= 15 is 0 Å². The Morgan fingerprint density at radius 1 is 0.905 bits per heavy atom. The van der Waals surface area contributed by atoms with Crippen LogP contribution in [0.1, 0.15) is 16.4 Å². The molecular formula is C28H18F2N4O6S2. The molecule has 0 radical (unpaired) electrons. The van der Waals surface area contributed by atoms with Crippen LogP contribution in [0.3, 0.4) is 0 Å². The molecule has 3 aromatic carbocycles. The van der Waals surface area contributed by atoms with E-state index in [9.17, 15) is 38.1 Å². The first-order valence-electron chi connectivity index (χ1n) is 12.5. The van der Waals surface area contributed by atoms with Gasteiger partial charge >= 0.3 is 4.87 Å². The minimum atomic E-state index is -0.990. The number of aromatic nitrogens is 1. The zero-order valence-corrected chi connectivity index (χ0v) is 22.9. The molecule has 10 nitrogen and oxygen atoms in total. The number of carbonyl (C=O) groups excluding carboxylic acids is 3. The first-order valence-corrected chi connectivity index (χ1v) is 14.2. The SMILES string of the molecule is O=C(Cn1c2c(sc1=O)[C@@H](c1ccc(F)cc1)[C@@H]1C(=O)N(c3ccc([N+](=O)[O-])cc3)C(=O)[C@@H]1S2)Nc1ccc(F)cc1. The lowest BCUT2D eigenvalue weighted by Crippen LogP contribution is -2.33. The average Bonchev–Trinajstić information content (AvgIpc) is 3.41. The summed E-state index contributed by atoms with van der Waals surface area (Å²) in [4.78, 5) is 65.0. The van der Waals surface area contributed by atoms with Crippen LogP contribution in [0.4, 0.5) is 25.8 Å². The number of rotatable bonds is 6. The number of thioether (sulfide) groups is 1. The molecule has 3 amide bonds. The Kier molecular flexibility index (Phi) is 6.94. The Labute approximate surface area is 243 Å². The number of amides is 3. The quantitative estimate of drug-likeness (QED) is 0.193. The number of nitrogens with one attached hydrogen (secondary N) is 1. The van der Waals surface area contributed by atoms with Crippen molar-refractivity contribution < 1.29 is 28.1 Å². The minimum Gasteiger partial charge on any atom is -0.325 e. The smallest absolute Gasteiger partial charge is 0.308 e. The molecule has 42 heavy (non-hydrogen) atoms. The third kappa shape index (κ3) is 4.77. The summed E-state index contributed by atoms with van der Waals surface area (Å²) in [6.07, 6.45) is 0. The number of fused-ring (bicyclic) bond motifs is 2. The second-order valence-electron chi connectivity index (χ2n) is 9.56. The number of hydrogen-bond donors (Lipinski definition) is 1. The topological polar surface area (TPSA) is 132 Å². The number of halogens is 2. The van der Waals surface area contributed by atoms with Crippen LogP contribution >= 0.6 is 23.1 Å². The summed E-state index contributed by atoms with van der Waals surface area (Å²) < 4.78 is 28.3. The van der Waals surface area contributed by atoms with E-state index in [2.05, 4.69) is 5.32 Å². The first-order chi connectivity index (χ1) is 20.1. The third-order valence-electron chi connectivity index (χ3n) is 7.03. The number of nitrogens with zero attached hydrogens (tertiary/aromatic N) is 3. The predicted molar refractivity (Wildman–Crippen MR) is 151 cm³/mol. The van der Waals surface area contributed by atoms with Gasteiger partial charge in [0.15, 0.2) is 0 Å². The first kappa shape index (κ1) is 27.5. The molecule has 4 aromatic rings. The van der Waals surface area contributed by atoms with Crippen molar-refractivity contribution in [3.05, 3.63) is 115 Å². The van der Waals surface area contributed by atoms with Crippen molar-refractivity contribution in [2.45, 2.75) is 22.7 Å². The van der Waals surface area contributed by atoms with Crippen LogP contribution in [-0.4, -0.2) is 32.5 Å². The van der Waals surface area contributed by atoms with E-state index < -0.39 is 62.8 Å². The number of nitro groups is 1. The highest BCUT2D eigenvalue weighted by Gasteiger charge is 2.56. The molecule has 0 saturated carbocycles. The third-order valence-corrected chi connectivity index (χ3v) is 9.63. The van der Waals surface area contributed by atoms with Gasteiger partial charge in [-0.25, -0.2) is 13.7 Å². The number of non-ortho nitro benzene ring substituents is 1. The molecule has 0 bridgehead atoms. The maximum atomic E-state index is 13.8. The van der Waals surface area contributed by atoms with Gasteiger partial charge in [-0.1, -0.05) is 35.2 Å². The number of hydrogen-bond acceptors (Lipinski definition) is 8. The van der Waals surface area contributed by atoms with E-state index in [4.69, 9.17) is 0 Å². The molecule has 0 spiro atoms. The largest absolute Gasteiger partial charge is 0.325 e. The summed E-state index contributed by atoms with van der Waals surface area (Å²) in [6, 6.07) is 15.5. The van der Waals surface area contributed by atoms with Crippen molar-refractivity contribution in [3.8, 4) is 0 Å². The molecule has 14 heteroatoms. The van der Waals surface area contributed by atoms with E-state index in [1.165, 1.54) is 77.4 Å². The van der Waals surface area contributed by atoms with Gasteiger partial charge in [-0.3, -0.25) is 33.9 Å². The summed E-state index contributed by atoms with van der Waals surface area (Å²) in [7, 11) is 0. The van der Waals surface area contributed by atoms with Gasteiger partial charge in [-0.2, -0.15) is 0 Å². The number of thiazole rings is 1. The van der Waals surface area contributed by atoms with E-state index in [0.717, 1.165) is 28.0 Å². The molecule has 3 heterocycles. The second-order valence-corrected chi connectivity index (χ2v) is 11.7. The van der Waals surface area contributed by atoms with Gasteiger partial charge in [0.25, 0.3) is 5.69 Å². The molecular weight excluding hydrogens is 590 g/mol. The highest BCUT2D eigenvalue weighted by molar-refractivity contribution is 8.00. The van der Waals surface area contributed by atoms with Crippen molar-refractivity contribution in [2.24, 2.45) is 5.92 Å². The maximum Gasteiger partial charge on any atom is 0.308 e. The van der Waals surface area contributed by atoms with Gasteiger partial charge in [0.1, 0.15) is 23.4 Å². The van der Waals surface area contributed by atoms with Crippen LogP contribution in [0.25, 0.3) is 0 Å². The Morgan fingerprint density at radius 2 is 1.52 bits per heavy atom. The fraction of sp³-hybridized carbons (Fsp3) is 0.143. The number of anilines is 2. The fourth-order valence-corrected chi connectivity index (χ4v) is 7.91. The van der Waals surface area contributed by atoms with Crippen molar-refractivity contribution in [1.82, 2.24) is 4.57 Å². The Balaban J connectivity index is 1.39. The zero-order chi connectivity index (χ0) is 29.7. The van der Waals surface area contributed by atoms with Gasteiger partial charge in [0, 0.05) is 28.6 Å². The molecule has 2 aliphatic heterocycles. The molecule has 3 atom stereocenters. The van der Waals surface area contributed by atoms with Crippen LogP contribution in [0.5, 0.6) is 0 Å². The summed E-state index contributed by atoms with van der Waals surface area (Å²) in [5.74, 6) is -4.46. The summed E-state index contributed by atoms with van der Waals surface area (Å²) in [6.45, 7) is -0.406. The Morgan fingerprint density at radius 3 is 2.14 bits per heavy atom. The van der Waals surface area contributed by atoms with Gasteiger partial charge in [-0.05, 0) is 54.1 Å². The van der Waals surface area contributed by atoms with Gasteiger partial charge in [0.05, 0.1) is 21.6 Å². The summed E-state index contributed by atoms with van der Waals surface area (Å²) >= 11 is 1.83. The molecule has 6 rings (SSSR count). The van der Waals surface area contributed by atoms with Gasteiger partial charge < -0.3 is 5.32 Å². The van der Waals surface area contributed by atoms with Crippen molar-refractivity contribution in [1.29, 1.82) is 0 Å². The van der Waals surface area contributed by atoms with E-state index in [1.54, 1.807) is 0 Å². The van der Waals surface area contributed by atoms with Gasteiger partial charge in [-0.15, -0.1) is 0 Å². The predicted octanol–water partition coefficient (Wildman–Crippen LogP) is 4.53. The monoisotopic (exact) mass is 608 g/mol. The van der Waals surface area contributed by atoms with Crippen LogP contribution in [0, 0.1) is 27.7 Å². The highest BCUT2D eigenvalue weighted by Crippen LogP contribution is 2.53. The number of carbonyl (C=O) groups is 3. The molecule has 1 aromatic heterocycles. The average molecular weight is 609 g/mol. The fourth-order valence-electron chi connectivity index (χ4n) is 5.14. The van der Waals surface area contributed by atoms with Crippen LogP contribution in [0.15, 0.2) is 82.6 Å². The number of imide groups is 1. The number of nitro benzene ring substituents is 1. The molecule has 1 N–H and O–H groups in total. The highest BCUT2D eigenvalue weighted by atomic mass is 32.2. The second kappa shape index (κ2) is 10.6. The van der Waals surface area contributed by atoms with Crippen molar-refractivity contribution in [2.75, 3.05) is 10.2 Å². The minimum absolute atomic E-state index is 0.155. The molecule has 212 valence electrons. The summed E-state index contributed by atoms with van der Waals surface area (Å²) in [5, 5.41) is 13.0. The Hall–Kier alpha value is -4.69. The molecule has 2 aliphatic rings. The lowest BCUT2D eigenvalue weighted by molar-refractivity contribution is -0.384. The van der Waals surface area contributed by atoms with Crippen LogP contribution in [0.2, 0.25) is 0 Å².